The molecule has 1 unspecified atom stereocenters. The van der Waals surface area contributed by atoms with E-state index in [1.807, 2.05) is 11.3 Å². The highest BCUT2D eigenvalue weighted by Gasteiger charge is 2.12. The van der Waals surface area contributed by atoms with Crippen LogP contribution < -0.4 is 5.32 Å². The van der Waals surface area contributed by atoms with E-state index in [0.29, 0.717) is 6.04 Å². The Labute approximate surface area is 130 Å². The predicted molar refractivity (Wildman–Crippen MR) is 92.0 cm³/mol. The molecule has 0 amide bonds. The largest absolute Gasteiger partial charge is 0.350 e. The van der Waals surface area contributed by atoms with Crippen molar-refractivity contribution in [1.29, 1.82) is 0 Å². The van der Waals surface area contributed by atoms with E-state index in [4.69, 9.17) is 0 Å². The molecule has 0 fully saturated rings. The summed E-state index contributed by atoms with van der Waals surface area (Å²) in [5.74, 6) is 0. The number of hydrogen-bond donors (Lipinski definition) is 1. The molecule has 0 bridgehead atoms. The predicted octanol–water partition coefficient (Wildman–Crippen LogP) is 4.71. The van der Waals surface area contributed by atoms with Crippen LogP contribution in [0.4, 0.5) is 0 Å². The first kappa shape index (κ1) is 14.4. The lowest BCUT2D eigenvalue weighted by atomic mass is 10.1. The number of thiophene rings is 1. The van der Waals surface area contributed by atoms with Crippen molar-refractivity contribution in [3.8, 4) is 0 Å². The monoisotopic (exact) mass is 298 g/mol. The quantitative estimate of drug-likeness (QED) is 0.738. The van der Waals surface area contributed by atoms with Crippen LogP contribution in [-0.4, -0.2) is 4.57 Å². The molecule has 0 saturated carbocycles. The van der Waals surface area contributed by atoms with Gasteiger partial charge in [0, 0.05) is 46.5 Å². The highest BCUT2D eigenvalue weighted by molar-refractivity contribution is 7.12. The molecule has 0 aliphatic rings. The van der Waals surface area contributed by atoms with Gasteiger partial charge in [-0.3, -0.25) is 0 Å². The van der Waals surface area contributed by atoms with E-state index in [9.17, 15) is 0 Å². The molecule has 2 aromatic heterocycles. The molecule has 3 aromatic rings. The van der Waals surface area contributed by atoms with Crippen molar-refractivity contribution in [1.82, 2.24) is 9.88 Å². The molecule has 0 spiro atoms. The van der Waals surface area contributed by atoms with Crippen LogP contribution in [0.25, 0.3) is 10.9 Å². The molecular formula is C18H22N2S. The molecule has 1 N–H and O–H groups in total. The standard InChI is InChI=1S/C18H22N2S/c1-12-9-17(14(3)21-12)13(2)19-10-15-11-20(4)18-8-6-5-7-16(15)18/h5-9,11,13,19H,10H2,1-4H3. The molecule has 0 aliphatic carbocycles. The number of hydrogen-bond acceptors (Lipinski definition) is 2. The molecule has 3 heteroatoms. The average Bonchev–Trinajstić information content (AvgIpc) is 2.97. The highest BCUT2D eigenvalue weighted by Crippen LogP contribution is 2.27. The van der Waals surface area contributed by atoms with Gasteiger partial charge in [0.05, 0.1) is 0 Å². The van der Waals surface area contributed by atoms with Crippen molar-refractivity contribution in [2.75, 3.05) is 0 Å². The first-order valence-corrected chi connectivity index (χ1v) is 8.21. The lowest BCUT2D eigenvalue weighted by molar-refractivity contribution is 0.575. The van der Waals surface area contributed by atoms with Crippen molar-refractivity contribution in [2.24, 2.45) is 7.05 Å². The van der Waals surface area contributed by atoms with Crippen molar-refractivity contribution >= 4 is 22.2 Å². The van der Waals surface area contributed by atoms with E-state index in [1.165, 1.54) is 31.8 Å². The Morgan fingerprint density at radius 2 is 2.00 bits per heavy atom. The molecule has 0 aliphatic heterocycles. The van der Waals surface area contributed by atoms with Gasteiger partial charge in [-0.25, -0.2) is 0 Å². The zero-order valence-corrected chi connectivity index (χ0v) is 13.9. The second-order valence-electron chi connectivity index (χ2n) is 5.75. The van der Waals surface area contributed by atoms with Crippen LogP contribution in [0.5, 0.6) is 0 Å². The zero-order valence-electron chi connectivity index (χ0n) is 13.1. The summed E-state index contributed by atoms with van der Waals surface area (Å²) in [6.45, 7) is 7.54. The third-order valence-electron chi connectivity index (χ3n) is 4.12. The molecule has 1 aromatic carbocycles. The van der Waals surface area contributed by atoms with E-state index in [2.05, 4.69) is 74.2 Å². The van der Waals surface area contributed by atoms with Crippen LogP contribution in [0.1, 0.15) is 33.8 Å². The van der Waals surface area contributed by atoms with Gasteiger partial charge in [-0.2, -0.15) is 0 Å². The van der Waals surface area contributed by atoms with Gasteiger partial charge in [0.1, 0.15) is 0 Å². The number of benzene rings is 1. The Bertz CT molecular complexity index is 767. The Morgan fingerprint density at radius 3 is 2.71 bits per heavy atom. The van der Waals surface area contributed by atoms with Crippen molar-refractivity contribution in [3.63, 3.8) is 0 Å². The number of aryl methyl sites for hydroxylation is 3. The van der Waals surface area contributed by atoms with Gasteiger partial charge >= 0.3 is 0 Å². The first-order chi connectivity index (χ1) is 10.1. The highest BCUT2D eigenvalue weighted by atomic mass is 32.1. The smallest absolute Gasteiger partial charge is 0.0481 e. The first-order valence-electron chi connectivity index (χ1n) is 7.39. The number of nitrogens with one attached hydrogen (secondary N) is 1. The molecule has 0 radical (unpaired) electrons. The van der Waals surface area contributed by atoms with Gasteiger partial charge in [-0.1, -0.05) is 18.2 Å². The Morgan fingerprint density at radius 1 is 1.24 bits per heavy atom. The Balaban J connectivity index is 1.79. The fraction of sp³-hybridized carbons (Fsp3) is 0.333. The van der Waals surface area contributed by atoms with Crippen LogP contribution in [0.2, 0.25) is 0 Å². The summed E-state index contributed by atoms with van der Waals surface area (Å²) in [5, 5.41) is 5.01. The lowest BCUT2D eigenvalue weighted by Crippen LogP contribution is -2.18. The fourth-order valence-electron chi connectivity index (χ4n) is 3.02. The number of rotatable bonds is 4. The number of fused-ring (bicyclic) bond motifs is 1. The average molecular weight is 298 g/mol. The summed E-state index contributed by atoms with van der Waals surface area (Å²) in [6.07, 6.45) is 2.23. The normalized spacial score (nSPS) is 13.0. The summed E-state index contributed by atoms with van der Waals surface area (Å²) in [4.78, 5) is 2.81. The molecule has 110 valence electrons. The summed E-state index contributed by atoms with van der Waals surface area (Å²) >= 11 is 1.88. The molecule has 0 saturated heterocycles. The molecule has 1 atom stereocenters. The van der Waals surface area contributed by atoms with E-state index < -0.39 is 0 Å². The number of aromatic nitrogens is 1. The minimum Gasteiger partial charge on any atom is -0.350 e. The van der Waals surface area contributed by atoms with Crippen LogP contribution in [0.3, 0.4) is 0 Å². The summed E-state index contributed by atoms with van der Waals surface area (Å²) in [5.41, 5.74) is 4.09. The van der Waals surface area contributed by atoms with E-state index >= 15 is 0 Å². The van der Waals surface area contributed by atoms with Crippen LogP contribution >= 0.6 is 11.3 Å². The van der Waals surface area contributed by atoms with Crippen LogP contribution in [0.15, 0.2) is 36.5 Å². The fourth-order valence-corrected chi connectivity index (χ4v) is 4.04. The Kier molecular flexibility index (Phi) is 3.87. The number of para-hydroxylation sites is 1. The number of nitrogens with zero attached hydrogens (tertiary/aromatic N) is 1. The molecule has 21 heavy (non-hydrogen) atoms. The summed E-state index contributed by atoms with van der Waals surface area (Å²) in [7, 11) is 2.11. The van der Waals surface area contributed by atoms with Gasteiger partial charge in [0.15, 0.2) is 0 Å². The minimum atomic E-state index is 0.383. The van der Waals surface area contributed by atoms with E-state index in [1.54, 1.807) is 0 Å². The third kappa shape index (κ3) is 2.76. The van der Waals surface area contributed by atoms with Gasteiger partial charge in [0.2, 0.25) is 0 Å². The molecular weight excluding hydrogens is 276 g/mol. The lowest BCUT2D eigenvalue weighted by Gasteiger charge is -2.13. The van der Waals surface area contributed by atoms with E-state index in [0.717, 1.165) is 6.54 Å². The topological polar surface area (TPSA) is 17.0 Å². The van der Waals surface area contributed by atoms with Crippen molar-refractivity contribution < 1.29 is 0 Å². The zero-order chi connectivity index (χ0) is 15.0. The minimum absolute atomic E-state index is 0.383. The van der Waals surface area contributed by atoms with Gasteiger partial charge in [0.25, 0.3) is 0 Å². The van der Waals surface area contributed by atoms with Gasteiger partial charge in [-0.15, -0.1) is 11.3 Å². The molecule has 2 heterocycles. The van der Waals surface area contributed by atoms with Gasteiger partial charge < -0.3 is 9.88 Å². The van der Waals surface area contributed by atoms with Crippen molar-refractivity contribution in [2.45, 2.75) is 33.4 Å². The summed E-state index contributed by atoms with van der Waals surface area (Å²) in [6, 6.07) is 11.3. The third-order valence-corrected chi connectivity index (χ3v) is 5.11. The Hall–Kier alpha value is -1.58. The maximum absolute atomic E-state index is 3.67. The van der Waals surface area contributed by atoms with Crippen LogP contribution in [0, 0.1) is 13.8 Å². The van der Waals surface area contributed by atoms with Crippen LogP contribution in [-0.2, 0) is 13.6 Å². The van der Waals surface area contributed by atoms with E-state index in [-0.39, 0.29) is 0 Å². The maximum Gasteiger partial charge on any atom is 0.0481 e. The molecule has 3 rings (SSSR count). The van der Waals surface area contributed by atoms with Gasteiger partial charge in [-0.05, 0) is 44.0 Å². The molecule has 2 nitrogen and oxygen atoms in total. The maximum atomic E-state index is 3.67. The van der Waals surface area contributed by atoms with Crippen molar-refractivity contribution in [3.05, 3.63) is 57.4 Å². The second kappa shape index (κ2) is 5.66. The second-order valence-corrected chi connectivity index (χ2v) is 7.21. The summed E-state index contributed by atoms with van der Waals surface area (Å²) < 4.78 is 2.21. The SMILES string of the molecule is Cc1cc(C(C)NCc2cn(C)c3ccccc23)c(C)s1.